The molecule has 1 aliphatic heterocycles. The molecule has 1 heterocycles. The van der Waals surface area contributed by atoms with Crippen LogP contribution >= 0.6 is 0 Å². The quantitative estimate of drug-likeness (QED) is 0.667. The minimum Gasteiger partial charge on any atom is -0.497 e. The van der Waals surface area contributed by atoms with Crippen LogP contribution in [0.3, 0.4) is 0 Å². The highest BCUT2D eigenvalue weighted by atomic mass is 32.2. The molecule has 0 aromatic heterocycles. The molecule has 0 atom stereocenters. The van der Waals surface area contributed by atoms with Crippen molar-refractivity contribution in [1.29, 1.82) is 0 Å². The summed E-state index contributed by atoms with van der Waals surface area (Å²) in [6.07, 6.45) is 2.79. The second-order valence-corrected chi connectivity index (χ2v) is 8.71. The van der Waals surface area contributed by atoms with E-state index in [9.17, 15) is 13.2 Å². The van der Waals surface area contributed by atoms with Crippen LogP contribution in [-0.4, -0.2) is 52.0 Å². The molecule has 8 heteroatoms. The first-order chi connectivity index (χ1) is 14.0. The average molecular weight is 419 g/mol. The Balaban J connectivity index is 1.54. The molecule has 0 saturated carbocycles. The molecule has 0 aliphatic carbocycles. The van der Waals surface area contributed by atoms with Gasteiger partial charge in [-0.3, -0.25) is 4.79 Å². The second-order valence-electron chi connectivity index (χ2n) is 6.77. The van der Waals surface area contributed by atoms with Crippen molar-refractivity contribution in [2.75, 3.05) is 33.4 Å². The van der Waals surface area contributed by atoms with E-state index in [1.54, 1.807) is 43.5 Å². The number of methoxy groups -OCH3 is 1. The molecule has 3 rings (SSSR count). The molecule has 7 nitrogen and oxygen atoms in total. The minimum absolute atomic E-state index is 0.154. The van der Waals surface area contributed by atoms with Gasteiger partial charge in [-0.25, -0.2) is 8.42 Å². The van der Waals surface area contributed by atoms with E-state index >= 15 is 0 Å². The zero-order valence-electron chi connectivity index (χ0n) is 16.5. The summed E-state index contributed by atoms with van der Waals surface area (Å²) in [5.41, 5.74) is 0.313. The Kier molecular flexibility index (Phi) is 7.11. The van der Waals surface area contributed by atoms with Crippen LogP contribution in [0.1, 0.15) is 29.6 Å². The average Bonchev–Trinajstić information content (AvgIpc) is 2.77. The maximum Gasteiger partial charge on any atom is 0.251 e. The molecule has 0 unspecified atom stereocenters. The molecule has 2 aromatic carbocycles. The fraction of sp³-hybridized carbons (Fsp3) is 0.381. The fourth-order valence-corrected chi connectivity index (χ4v) is 4.72. The number of sulfonamides is 1. The summed E-state index contributed by atoms with van der Waals surface area (Å²) < 4.78 is 37.7. The molecule has 29 heavy (non-hydrogen) atoms. The number of hydrogen-bond donors (Lipinski definition) is 1. The molecular formula is C21H26N2O5S. The molecule has 0 bridgehead atoms. The zero-order chi connectivity index (χ0) is 20.7. The third-order valence-corrected chi connectivity index (χ3v) is 6.66. The van der Waals surface area contributed by atoms with Gasteiger partial charge < -0.3 is 14.8 Å². The van der Waals surface area contributed by atoms with Crippen LogP contribution in [0.4, 0.5) is 0 Å². The number of carbonyl (C=O) groups is 1. The van der Waals surface area contributed by atoms with Gasteiger partial charge in [-0.2, -0.15) is 4.31 Å². The lowest BCUT2D eigenvalue weighted by Gasteiger charge is -2.26. The number of amides is 1. The van der Waals surface area contributed by atoms with Gasteiger partial charge in [0.05, 0.1) is 18.6 Å². The van der Waals surface area contributed by atoms with Gasteiger partial charge in [0.1, 0.15) is 18.1 Å². The molecule has 1 aliphatic rings. The summed E-state index contributed by atoms with van der Waals surface area (Å²) in [5.74, 6) is 1.08. The Morgan fingerprint density at radius 2 is 1.72 bits per heavy atom. The fourth-order valence-electron chi connectivity index (χ4n) is 3.16. The highest BCUT2D eigenvalue weighted by Gasteiger charge is 2.26. The Bertz CT molecular complexity index is 922. The van der Waals surface area contributed by atoms with Crippen molar-refractivity contribution in [2.45, 2.75) is 24.2 Å². The lowest BCUT2D eigenvalue weighted by Crippen LogP contribution is -2.35. The standard InChI is InChI=1S/C21H26N2O5S/c1-27-18-8-10-19(11-9-18)28-15-12-22-21(24)17-6-5-7-20(16-17)29(25,26)23-13-3-2-4-14-23/h5-11,16H,2-4,12-15H2,1H3,(H,22,24). The highest BCUT2D eigenvalue weighted by molar-refractivity contribution is 7.89. The van der Waals surface area contributed by atoms with Crippen LogP contribution in [0.5, 0.6) is 11.5 Å². The van der Waals surface area contributed by atoms with Crippen molar-refractivity contribution in [1.82, 2.24) is 9.62 Å². The normalized spacial score (nSPS) is 14.9. The number of piperidine rings is 1. The molecule has 2 aromatic rings. The lowest BCUT2D eigenvalue weighted by molar-refractivity contribution is 0.0947. The first kappa shape index (κ1) is 21.1. The number of rotatable bonds is 8. The van der Waals surface area contributed by atoms with Crippen LogP contribution in [0.25, 0.3) is 0 Å². The largest absolute Gasteiger partial charge is 0.497 e. The van der Waals surface area contributed by atoms with Crippen molar-refractivity contribution in [3.05, 3.63) is 54.1 Å². The van der Waals surface area contributed by atoms with Gasteiger partial charge in [-0.05, 0) is 55.3 Å². The van der Waals surface area contributed by atoms with Crippen molar-refractivity contribution >= 4 is 15.9 Å². The van der Waals surface area contributed by atoms with E-state index < -0.39 is 10.0 Å². The van der Waals surface area contributed by atoms with Gasteiger partial charge in [0.25, 0.3) is 5.91 Å². The van der Waals surface area contributed by atoms with Crippen LogP contribution in [0.15, 0.2) is 53.4 Å². The van der Waals surface area contributed by atoms with Crippen molar-refractivity contribution in [3.8, 4) is 11.5 Å². The highest BCUT2D eigenvalue weighted by Crippen LogP contribution is 2.21. The van der Waals surface area contributed by atoms with Crippen LogP contribution < -0.4 is 14.8 Å². The minimum atomic E-state index is -3.57. The summed E-state index contributed by atoms with van der Waals surface area (Å²) in [6.45, 7) is 1.65. The molecular weight excluding hydrogens is 392 g/mol. The van der Waals surface area contributed by atoms with Gasteiger partial charge in [0.2, 0.25) is 10.0 Å². The van der Waals surface area contributed by atoms with E-state index in [4.69, 9.17) is 9.47 Å². The number of nitrogens with one attached hydrogen (secondary N) is 1. The third-order valence-electron chi connectivity index (χ3n) is 4.76. The zero-order valence-corrected chi connectivity index (χ0v) is 17.3. The molecule has 1 N–H and O–H groups in total. The number of hydrogen-bond acceptors (Lipinski definition) is 5. The van der Waals surface area contributed by atoms with Gasteiger partial charge in [-0.1, -0.05) is 12.5 Å². The lowest BCUT2D eigenvalue weighted by atomic mass is 10.2. The van der Waals surface area contributed by atoms with Crippen LogP contribution in [-0.2, 0) is 10.0 Å². The smallest absolute Gasteiger partial charge is 0.251 e. The molecule has 156 valence electrons. The SMILES string of the molecule is COc1ccc(OCCNC(=O)c2cccc(S(=O)(=O)N3CCCCC3)c2)cc1. The van der Waals surface area contributed by atoms with Gasteiger partial charge in [-0.15, -0.1) is 0 Å². The summed E-state index contributed by atoms with van der Waals surface area (Å²) >= 11 is 0. The van der Waals surface area contributed by atoms with E-state index in [1.807, 2.05) is 0 Å². The van der Waals surface area contributed by atoms with E-state index in [0.29, 0.717) is 37.6 Å². The summed E-state index contributed by atoms with van der Waals surface area (Å²) in [5, 5.41) is 2.75. The first-order valence-corrected chi connectivity index (χ1v) is 11.1. The maximum atomic E-state index is 12.8. The van der Waals surface area contributed by atoms with Crippen molar-refractivity contribution < 1.29 is 22.7 Å². The summed E-state index contributed by atoms with van der Waals surface area (Å²) in [6, 6.07) is 13.3. The Morgan fingerprint density at radius 3 is 2.41 bits per heavy atom. The number of nitrogens with zero attached hydrogens (tertiary/aromatic N) is 1. The van der Waals surface area contributed by atoms with Crippen molar-refractivity contribution in [2.24, 2.45) is 0 Å². The van der Waals surface area contributed by atoms with Crippen LogP contribution in [0, 0.1) is 0 Å². The number of benzene rings is 2. The van der Waals surface area contributed by atoms with E-state index in [0.717, 1.165) is 25.0 Å². The van der Waals surface area contributed by atoms with Crippen LogP contribution in [0.2, 0.25) is 0 Å². The number of carbonyl (C=O) groups excluding carboxylic acids is 1. The molecule has 0 radical (unpaired) electrons. The second kappa shape index (κ2) is 9.76. The van der Waals surface area contributed by atoms with E-state index in [1.165, 1.54) is 16.4 Å². The molecule has 1 saturated heterocycles. The topological polar surface area (TPSA) is 84.9 Å². The molecule has 1 fully saturated rings. The monoisotopic (exact) mass is 418 g/mol. The molecule has 1 amide bonds. The van der Waals surface area contributed by atoms with Gasteiger partial charge in [0, 0.05) is 18.7 Å². The van der Waals surface area contributed by atoms with Gasteiger partial charge in [0.15, 0.2) is 0 Å². The predicted molar refractivity (Wildman–Crippen MR) is 110 cm³/mol. The van der Waals surface area contributed by atoms with Gasteiger partial charge >= 0.3 is 0 Å². The van der Waals surface area contributed by atoms with E-state index in [2.05, 4.69) is 5.32 Å². The third kappa shape index (κ3) is 5.48. The van der Waals surface area contributed by atoms with E-state index in [-0.39, 0.29) is 10.8 Å². The predicted octanol–water partition coefficient (Wildman–Crippen LogP) is 2.68. The molecule has 0 spiro atoms. The summed E-state index contributed by atoms with van der Waals surface area (Å²) in [4.78, 5) is 12.6. The first-order valence-electron chi connectivity index (χ1n) is 9.66. The maximum absolute atomic E-state index is 12.8. The Morgan fingerprint density at radius 1 is 1.03 bits per heavy atom. The number of ether oxygens (including phenoxy) is 2. The van der Waals surface area contributed by atoms with Crippen molar-refractivity contribution in [3.63, 3.8) is 0 Å². The Labute approximate surface area is 171 Å². The Hall–Kier alpha value is -2.58. The summed E-state index contributed by atoms with van der Waals surface area (Å²) in [7, 11) is -1.97.